The Labute approximate surface area is 153 Å². The van der Waals surface area contributed by atoms with E-state index < -0.39 is 23.8 Å². The molecule has 2 heterocycles. The Hall–Kier alpha value is -3.94. The van der Waals surface area contributed by atoms with E-state index in [9.17, 15) is 19.2 Å². The number of furan rings is 1. The molecule has 1 aliphatic heterocycles. The molecule has 4 amide bonds. The maximum atomic E-state index is 11.9. The highest BCUT2D eigenvalue weighted by Crippen LogP contribution is 2.25. The molecule has 8 heteroatoms. The Balaban J connectivity index is 1.84. The maximum absolute atomic E-state index is 11.9. The lowest BCUT2D eigenvalue weighted by molar-refractivity contribution is -0.123. The lowest BCUT2D eigenvalue weighted by Gasteiger charge is -2.13. The van der Waals surface area contributed by atoms with Gasteiger partial charge in [-0.05, 0) is 30.3 Å². The SMILES string of the molecule is C=CCOC(=O)c1cccc(-c2ccc(C=C3C(=O)NC(=O)NC3=O)o2)c1. The molecule has 136 valence electrons. The van der Waals surface area contributed by atoms with Gasteiger partial charge in [-0.15, -0.1) is 0 Å². The molecule has 0 spiro atoms. The summed E-state index contributed by atoms with van der Waals surface area (Å²) in [6.07, 6.45) is 2.70. The first-order chi connectivity index (χ1) is 13.0. The number of hydrogen-bond acceptors (Lipinski definition) is 6. The summed E-state index contributed by atoms with van der Waals surface area (Å²) >= 11 is 0. The minimum atomic E-state index is -0.873. The van der Waals surface area contributed by atoms with Gasteiger partial charge in [0.05, 0.1) is 5.56 Å². The molecule has 1 aromatic carbocycles. The van der Waals surface area contributed by atoms with E-state index in [0.717, 1.165) is 0 Å². The number of hydrogen-bond donors (Lipinski definition) is 2. The number of nitrogens with one attached hydrogen (secondary N) is 2. The molecule has 0 saturated carbocycles. The number of carbonyl (C=O) groups excluding carboxylic acids is 4. The van der Waals surface area contributed by atoms with Gasteiger partial charge in [-0.1, -0.05) is 24.8 Å². The van der Waals surface area contributed by atoms with Crippen molar-refractivity contribution in [1.29, 1.82) is 0 Å². The summed E-state index contributed by atoms with van der Waals surface area (Å²) in [7, 11) is 0. The fraction of sp³-hybridized carbons (Fsp3) is 0.0526. The van der Waals surface area contributed by atoms with Crippen molar-refractivity contribution in [3.05, 3.63) is 65.9 Å². The number of imide groups is 2. The molecule has 0 atom stereocenters. The van der Waals surface area contributed by atoms with Gasteiger partial charge >= 0.3 is 12.0 Å². The van der Waals surface area contributed by atoms with Crippen LogP contribution >= 0.6 is 0 Å². The predicted octanol–water partition coefficient (Wildman–Crippen LogP) is 2.04. The van der Waals surface area contributed by atoms with Gasteiger partial charge in [0.2, 0.25) is 0 Å². The van der Waals surface area contributed by atoms with Crippen LogP contribution in [0.4, 0.5) is 4.79 Å². The first kappa shape index (κ1) is 17.9. The minimum absolute atomic E-state index is 0.105. The van der Waals surface area contributed by atoms with E-state index in [0.29, 0.717) is 16.9 Å². The van der Waals surface area contributed by atoms with Gasteiger partial charge in [0.1, 0.15) is 23.7 Å². The largest absolute Gasteiger partial charge is 0.458 e. The van der Waals surface area contributed by atoms with Crippen LogP contribution in [0.1, 0.15) is 16.1 Å². The summed E-state index contributed by atoms with van der Waals surface area (Å²) in [5, 5.41) is 3.95. The average Bonchev–Trinajstić information content (AvgIpc) is 3.11. The number of benzene rings is 1. The van der Waals surface area contributed by atoms with Crippen molar-refractivity contribution in [1.82, 2.24) is 10.6 Å². The average molecular weight is 366 g/mol. The van der Waals surface area contributed by atoms with Gasteiger partial charge in [-0.3, -0.25) is 20.2 Å². The van der Waals surface area contributed by atoms with E-state index in [1.807, 2.05) is 10.6 Å². The van der Waals surface area contributed by atoms with Gasteiger partial charge < -0.3 is 9.15 Å². The summed E-state index contributed by atoms with van der Waals surface area (Å²) in [4.78, 5) is 46.5. The number of urea groups is 1. The topological polar surface area (TPSA) is 115 Å². The summed E-state index contributed by atoms with van der Waals surface area (Å²) < 4.78 is 10.6. The molecule has 2 aromatic rings. The monoisotopic (exact) mass is 366 g/mol. The zero-order valence-corrected chi connectivity index (χ0v) is 14.0. The second kappa shape index (κ2) is 7.52. The Bertz CT molecular complexity index is 964. The van der Waals surface area contributed by atoms with Crippen molar-refractivity contribution in [2.75, 3.05) is 6.61 Å². The van der Waals surface area contributed by atoms with Crippen LogP contribution in [0.5, 0.6) is 0 Å². The van der Waals surface area contributed by atoms with Gasteiger partial charge in [0, 0.05) is 5.56 Å². The zero-order chi connectivity index (χ0) is 19.4. The van der Waals surface area contributed by atoms with E-state index in [2.05, 4.69) is 6.58 Å². The number of amides is 4. The van der Waals surface area contributed by atoms with E-state index >= 15 is 0 Å². The van der Waals surface area contributed by atoms with Crippen LogP contribution in [-0.2, 0) is 14.3 Å². The molecule has 1 saturated heterocycles. The van der Waals surface area contributed by atoms with Crippen LogP contribution in [0.25, 0.3) is 17.4 Å². The number of ether oxygens (including phenoxy) is 1. The van der Waals surface area contributed by atoms with Crippen molar-refractivity contribution >= 4 is 29.9 Å². The molecule has 2 N–H and O–H groups in total. The van der Waals surface area contributed by atoms with Gasteiger partial charge in [0.15, 0.2) is 0 Å². The van der Waals surface area contributed by atoms with E-state index in [1.54, 1.807) is 36.4 Å². The summed E-state index contributed by atoms with van der Waals surface area (Å²) in [5.41, 5.74) is 0.702. The molecule has 0 bridgehead atoms. The summed E-state index contributed by atoms with van der Waals surface area (Å²) in [5.74, 6) is -1.46. The van der Waals surface area contributed by atoms with Gasteiger partial charge in [-0.25, -0.2) is 9.59 Å². The molecule has 0 radical (unpaired) electrons. The van der Waals surface area contributed by atoms with Crippen LogP contribution < -0.4 is 10.6 Å². The number of esters is 1. The quantitative estimate of drug-likeness (QED) is 0.362. The first-order valence-corrected chi connectivity index (χ1v) is 7.84. The Morgan fingerprint density at radius 1 is 1.11 bits per heavy atom. The van der Waals surface area contributed by atoms with E-state index in [-0.39, 0.29) is 17.9 Å². The minimum Gasteiger partial charge on any atom is -0.458 e. The van der Waals surface area contributed by atoms with Crippen molar-refractivity contribution < 1.29 is 28.3 Å². The van der Waals surface area contributed by atoms with Crippen LogP contribution in [0.3, 0.4) is 0 Å². The van der Waals surface area contributed by atoms with E-state index in [4.69, 9.17) is 9.15 Å². The third kappa shape index (κ3) is 4.01. The molecule has 1 fully saturated rings. The molecule has 8 nitrogen and oxygen atoms in total. The second-order valence-electron chi connectivity index (χ2n) is 5.47. The molecule has 1 aromatic heterocycles. The van der Waals surface area contributed by atoms with Gasteiger partial charge in [0.25, 0.3) is 11.8 Å². The van der Waals surface area contributed by atoms with Crippen molar-refractivity contribution in [2.24, 2.45) is 0 Å². The van der Waals surface area contributed by atoms with Crippen molar-refractivity contribution in [3.8, 4) is 11.3 Å². The highest BCUT2D eigenvalue weighted by atomic mass is 16.5. The van der Waals surface area contributed by atoms with E-state index in [1.165, 1.54) is 12.2 Å². The van der Waals surface area contributed by atoms with Crippen LogP contribution in [-0.4, -0.2) is 30.4 Å². The molecule has 3 rings (SSSR count). The number of barbiturate groups is 1. The Kier molecular flexibility index (Phi) is 4.98. The molecular weight excluding hydrogens is 352 g/mol. The normalized spacial score (nSPS) is 13.6. The first-order valence-electron chi connectivity index (χ1n) is 7.84. The smallest absolute Gasteiger partial charge is 0.338 e. The highest BCUT2D eigenvalue weighted by molar-refractivity contribution is 6.31. The fourth-order valence-electron chi connectivity index (χ4n) is 2.35. The second-order valence-corrected chi connectivity index (χ2v) is 5.47. The number of carbonyl (C=O) groups is 4. The third-order valence-electron chi connectivity index (χ3n) is 3.57. The van der Waals surface area contributed by atoms with Crippen LogP contribution in [0.15, 0.2) is 59.0 Å². The Morgan fingerprint density at radius 3 is 2.56 bits per heavy atom. The lowest BCUT2D eigenvalue weighted by atomic mass is 10.1. The Morgan fingerprint density at radius 2 is 1.85 bits per heavy atom. The predicted molar refractivity (Wildman–Crippen MR) is 94.3 cm³/mol. The van der Waals surface area contributed by atoms with Crippen LogP contribution in [0, 0.1) is 0 Å². The fourth-order valence-corrected chi connectivity index (χ4v) is 2.35. The van der Waals surface area contributed by atoms with Crippen molar-refractivity contribution in [2.45, 2.75) is 0 Å². The third-order valence-corrected chi connectivity index (χ3v) is 3.57. The molecule has 27 heavy (non-hydrogen) atoms. The standard InChI is InChI=1S/C19H14N2O6/c1-2-8-26-18(24)12-5-3-4-11(9-12)15-7-6-13(27-15)10-14-16(22)20-19(25)21-17(14)23/h2-7,9-10H,1,8H2,(H2,20,21,22,23,25). The van der Waals surface area contributed by atoms with Crippen LogP contribution in [0.2, 0.25) is 0 Å². The highest BCUT2D eigenvalue weighted by Gasteiger charge is 2.28. The van der Waals surface area contributed by atoms with Gasteiger partial charge in [-0.2, -0.15) is 0 Å². The zero-order valence-electron chi connectivity index (χ0n) is 14.0. The molecule has 0 aliphatic carbocycles. The molecule has 0 unspecified atom stereocenters. The maximum Gasteiger partial charge on any atom is 0.338 e. The van der Waals surface area contributed by atoms with Crippen molar-refractivity contribution in [3.63, 3.8) is 0 Å². The summed E-state index contributed by atoms with van der Waals surface area (Å²) in [6.45, 7) is 3.59. The molecular formula is C19H14N2O6. The molecule has 1 aliphatic rings. The number of rotatable bonds is 5. The lowest BCUT2D eigenvalue weighted by Crippen LogP contribution is -2.51. The summed E-state index contributed by atoms with van der Waals surface area (Å²) in [6, 6.07) is 8.93.